The van der Waals surface area contributed by atoms with Gasteiger partial charge in [0.1, 0.15) is 17.5 Å². The molecule has 0 bridgehead atoms. The van der Waals surface area contributed by atoms with Crippen molar-refractivity contribution < 1.29 is 4.74 Å². The summed E-state index contributed by atoms with van der Waals surface area (Å²) in [6.45, 7) is 0.597. The Bertz CT molecular complexity index is 622. The molecule has 1 aromatic carbocycles. The Morgan fingerprint density at radius 1 is 1.37 bits per heavy atom. The summed E-state index contributed by atoms with van der Waals surface area (Å²) in [5.74, 6) is 0.642. The highest BCUT2D eigenvalue weighted by atomic mass is 35.5. The Morgan fingerprint density at radius 3 is 2.89 bits per heavy atom. The van der Waals surface area contributed by atoms with Crippen molar-refractivity contribution in [3.8, 4) is 11.8 Å². The lowest BCUT2D eigenvalue weighted by atomic mass is 10.2. The third-order valence-corrected chi connectivity index (χ3v) is 2.88. The van der Waals surface area contributed by atoms with Gasteiger partial charge in [-0.25, -0.2) is 4.98 Å². The molecule has 1 N–H and O–H groups in total. The summed E-state index contributed by atoms with van der Waals surface area (Å²) in [4.78, 5) is 3.92. The maximum atomic E-state index is 8.78. The number of aromatic nitrogens is 1. The van der Waals surface area contributed by atoms with Crippen LogP contribution in [0.4, 0.5) is 5.69 Å². The molecule has 96 valence electrons. The lowest BCUT2D eigenvalue weighted by Gasteiger charge is -2.09. The number of hydrogen-bond donors (Lipinski definition) is 1. The number of pyridine rings is 1. The predicted molar refractivity (Wildman–Crippen MR) is 74.3 cm³/mol. The van der Waals surface area contributed by atoms with E-state index in [1.165, 1.54) is 0 Å². The van der Waals surface area contributed by atoms with E-state index in [1.807, 2.05) is 18.2 Å². The highest BCUT2D eigenvalue weighted by molar-refractivity contribution is 6.32. The average molecular weight is 274 g/mol. The zero-order valence-electron chi connectivity index (χ0n) is 10.4. The summed E-state index contributed by atoms with van der Waals surface area (Å²) in [6, 6.07) is 11.1. The second-order valence-electron chi connectivity index (χ2n) is 3.86. The molecule has 2 rings (SSSR count). The second-order valence-corrected chi connectivity index (χ2v) is 4.27. The van der Waals surface area contributed by atoms with E-state index in [4.69, 9.17) is 21.6 Å². The molecule has 0 saturated carbocycles. The molecule has 1 heterocycles. The summed E-state index contributed by atoms with van der Waals surface area (Å²) >= 11 is 6.04. The summed E-state index contributed by atoms with van der Waals surface area (Å²) in [7, 11) is 1.58. The molecular weight excluding hydrogens is 262 g/mol. The molecule has 0 amide bonds. The highest BCUT2D eigenvalue weighted by Gasteiger charge is 2.02. The van der Waals surface area contributed by atoms with Crippen molar-refractivity contribution in [3.05, 3.63) is 52.8 Å². The van der Waals surface area contributed by atoms with Crippen LogP contribution in [0.5, 0.6) is 5.75 Å². The van der Waals surface area contributed by atoms with Crippen LogP contribution in [0.1, 0.15) is 11.3 Å². The monoisotopic (exact) mass is 273 g/mol. The molecule has 0 fully saturated rings. The van der Waals surface area contributed by atoms with E-state index >= 15 is 0 Å². The fourth-order valence-corrected chi connectivity index (χ4v) is 1.88. The summed E-state index contributed by atoms with van der Waals surface area (Å²) < 4.78 is 5.09. The first-order valence-electron chi connectivity index (χ1n) is 5.65. The number of ether oxygens (including phenoxy) is 1. The molecule has 1 aromatic heterocycles. The van der Waals surface area contributed by atoms with Gasteiger partial charge in [-0.15, -0.1) is 0 Å². The van der Waals surface area contributed by atoms with Crippen molar-refractivity contribution in [2.24, 2.45) is 0 Å². The van der Waals surface area contributed by atoms with Crippen LogP contribution < -0.4 is 10.1 Å². The van der Waals surface area contributed by atoms with Gasteiger partial charge < -0.3 is 10.1 Å². The van der Waals surface area contributed by atoms with Gasteiger partial charge in [-0.05, 0) is 35.9 Å². The number of anilines is 1. The minimum atomic E-state index is 0.409. The molecule has 0 spiro atoms. The molecule has 0 radical (unpaired) electrons. The van der Waals surface area contributed by atoms with Crippen LogP contribution in [-0.4, -0.2) is 12.1 Å². The van der Waals surface area contributed by atoms with Crippen molar-refractivity contribution in [2.75, 3.05) is 12.4 Å². The molecule has 4 nitrogen and oxygen atoms in total. The molecule has 0 unspecified atom stereocenters. The molecular formula is C14H12ClN3O. The lowest BCUT2D eigenvalue weighted by molar-refractivity contribution is 0.415. The maximum absolute atomic E-state index is 8.78. The van der Waals surface area contributed by atoms with Crippen LogP contribution in [0.15, 0.2) is 36.5 Å². The number of halogens is 1. The van der Waals surface area contributed by atoms with Gasteiger partial charge in [-0.2, -0.15) is 5.26 Å². The largest absolute Gasteiger partial charge is 0.495 e. The normalized spacial score (nSPS) is 9.74. The van der Waals surface area contributed by atoms with E-state index in [9.17, 15) is 0 Å². The number of nitriles is 1. The zero-order chi connectivity index (χ0) is 13.7. The van der Waals surface area contributed by atoms with Gasteiger partial charge in [0.2, 0.25) is 0 Å². The van der Waals surface area contributed by atoms with Gasteiger partial charge in [0.25, 0.3) is 0 Å². The molecule has 0 saturated heterocycles. The first kappa shape index (κ1) is 13.2. The van der Waals surface area contributed by atoms with E-state index in [1.54, 1.807) is 31.5 Å². The van der Waals surface area contributed by atoms with Gasteiger partial charge in [0.05, 0.1) is 12.1 Å². The smallest absolute Gasteiger partial charge is 0.140 e. The molecule has 0 atom stereocenters. The standard InChI is InChI=1S/C14H12ClN3O/c1-19-14-3-2-11(7-13(14)15)18-9-10-4-5-17-12(6-10)8-16/h2-7,18H,9H2,1H3. The van der Waals surface area contributed by atoms with E-state index in [2.05, 4.69) is 10.3 Å². The Kier molecular flexibility index (Phi) is 4.22. The third kappa shape index (κ3) is 3.36. The number of rotatable bonds is 4. The van der Waals surface area contributed by atoms with Gasteiger partial charge in [-0.1, -0.05) is 11.6 Å². The Labute approximate surface area is 116 Å². The van der Waals surface area contributed by atoms with Crippen molar-refractivity contribution in [1.29, 1.82) is 5.26 Å². The number of nitrogens with one attached hydrogen (secondary N) is 1. The van der Waals surface area contributed by atoms with Crippen molar-refractivity contribution >= 4 is 17.3 Å². The van der Waals surface area contributed by atoms with Crippen molar-refractivity contribution in [2.45, 2.75) is 6.54 Å². The summed E-state index contributed by atoms with van der Waals surface area (Å²) in [5, 5.41) is 12.6. The lowest BCUT2D eigenvalue weighted by Crippen LogP contribution is -2.00. The summed E-state index contributed by atoms with van der Waals surface area (Å²) in [5.41, 5.74) is 2.28. The predicted octanol–water partition coefficient (Wildman–Crippen LogP) is 3.23. The highest BCUT2D eigenvalue weighted by Crippen LogP contribution is 2.27. The van der Waals surface area contributed by atoms with E-state index < -0.39 is 0 Å². The van der Waals surface area contributed by atoms with E-state index in [-0.39, 0.29) is 0 Å². The van der Waals surface area contributed by atoms with Gasteiger partial charge in [0, 0.05) is 18.4 Å². The van der Waals surface area contributed by atoms with Crippen LogP contribution in [0, 0.1) is 11.3 Å². The van der Waals surface area contributed by atoms with Crippen LogP contribution in [0.2, 0.25) is 5.02 Å². The Balaban J connectivity index is 2.06. The number of hydrogen-bond acceptors (Lipinski definition) is 4. The first-order valence-corrected chi connectivity index (χ1v) is 6.03. The molecule has 19 heavy (non-hydrogen) atoms. The topological polar surface area (TPSA) is 57.9 Å². The van der Waals surface area contributed by atoms with E-state index in [0.29, 0.717) is 23.0 Å². The zero-order valence-corrected chi connectivity index (χ0v) is 11.1. The quantitative estimate of drug-likeness (QED) is 0.929. The molecule has 0 aliphatic rings. The summed E-state index contributed by atoms with van der Waals surface area (Å²) in [6.07, 6.45) is 1.62. The number of methoxy groups -OCH3 is 1. The Morgan fingerprint density at radius 2 is 2.21 bits per heavy atom. The fourth-order valence-electron chi connectivity index (χ4n) is 1.63. The SMILES string of the molecule is COc1ccc(NCc2ccnc(C#N)c2)cc1Cl. The first-order chi connectivity index (χ1) is 9.22. The van der Waals surface area contributed by atoms with Crippen LogP contribution in [0.25, 0.3) is 0 Å². The number of nitrogens with zero attached hydrogens (tertiary/aromatic N) is 2. The Hall–Kier alpha value is -2.25. The minimum Gasteiger partial charge on any atom is -0.495 e. The average Bonchev–Trinajstić information content (AvgIpc) is 2.45. The molecule has 5 heteroatoms. The number of benzene rings is 1. The van der Waals surface area contributed by atoms with Crippen LogP contribution in [-0.2, 0) is 6.54 Å². The fraction of sp³-hybridized carbons (Fsp3) is 0.143. The van der Waals surface area contributed by atoms with Gasteiger partial charge >= 0.3 is 0 Å². The molecule has 0 aliphatic heterocycles. The van der Waals surface area contributed by atoms with Crippen LogP contribution in [0.3, 0.4) is 0 Å². The maximum Gasteiger partial charge on any atom is 0.140 e. The van der Waals surface area contributed by atoms with Crippen LogP contribution >= 0.6 is 11.6 Å². The minimum absolute atomic E-state index is 0.409. The van der Waals surface area contributed by atoms with Gasteiger partial charge in [-0.3, -0.25) is 0 Å². The molecule has 2 aromatic rings. The van der Waals surface area contributed by atoms with Crippen molar-refractivity contribution in [3.63, 3.8) is 0 Å². The van der Waals surface area contributed by atoms with Crippen molar-refractivity contribution in [1.82, 2.24) is 4.98 Å². The third-order valence-electron chi connectivity index (χ3n) is 2.59. The molecule has 0 aliphatic carbocycles. The van der Waals surface area contributed by atoms with E-state index in [0.717, 1.165) is 11.3 Å². The van der Waals surface area contributed by atoms with Gasteiger partial charge in [0.15, 0.2) is 0 Å². The second kappa shape index (κ2) is 6.07.